The number of phenols is 1. The molecule has 1 aliphatic rings. The zero-order valence-corrected chi connectivity index (χ0v) is 14.5. The van der Waals surface area contributed by atoms with Crippen LogP contribution in [0.2, 0.25) is 0 Å². The number of allylic oxidation sites excluding steroid dienone is 2. The first kappa shape index (κ1) is 18.0. The molecule has 24 heavy (non-hydrogen) atoms. The van der Waals surface area contributed by atoms with Crippen LogP contribution in [0, 0.1) is 0 Å². The van der Waals surface area contributed by atoms with Gasteiger partial charge >= 0.3 is 0 Å². The minimum absolute atomic E-state index is 0.0306. The Hall–Kier alpha value is -2.30. The summed E-state index contributed by atoms with van der Waals surface area (Å²) in [6, 6.07) is 7.01. The molecule has 5 nitrogen and oxygen atoms in total. The Bertz CT molecular complexity index is 631. The number of oxime groups is 1. The number of phenolic OH excluding ortho intramolecular Hbond substituents is 1. The number of nitrogens with zero attached hydrogens (tertiary/aromatic N) is 1. The van der Waals surface area contributed by atoms with E-state index in [0.717, 1.165) is 5.56 Å². The van der Waals surface area contributed by atoms with E-state index in [0.29, 0.717) is 49.5 Å². The van der Waals surface area contributed by atoms with Gasteiger partial charge in [0.2, 0.25) is 0 Å². The fourth-order valence-corrected chi connectivity index (χ4v) is 2.92. The monoisotopic (exact) mass is 331 g/mol. The normalized spacial score (nSPS) is 18.7. The third kappa shape index (κ3) is 4.16. The molecular formula is C19H25NO4. The summed E-state index contributed by atoms with van der Waals surface area (Å²) < 4.78 is 5.78. The van der Waals surface area contributed by atoms with Crippen molar-refractivity contribution in [3.63, 3.8) is 0 Å². The Morgan fingerprint density at radius 2 is 1.88 bits per heavy atom. The van der Waals surface area contributed by atoms with Gasteiger partial charge in [0.1, 0.15) is 18.1 Å². The van der Waals surface area contributed by atoms with Crippen molar-refractivity contribution < 1.29 is 19.5 Å². The second kappa shape index (κ2) is 8.52. The molecule has 0 amide bonds. The van der Waals surface area contributed by atoms with Gasteiger partial charge in [-0.15, -0.1) is 0 Å². The topological polar surface area (TPSA) is 68.1 Å². The molecule has 1 aliphatic carbocycles. The SMILES string of the molecule is CCO/N=C(\CC)C1=C(OCC)CC(c2ccc(O)cc2)CC1=O. The van der Waals surface area contributed by atoms with Crippen molar-refractivity contribution in [2.45, 2.75) is 46.0 Å². The average molecular weight is 331 g/mol. The van der Waals surface area contributed by atoms with Gasteiger partial charge in [0, 0.05) is 12.8 Å². The van der Waals surface area contributed by atoms with Crippen molar-refractivity contribution >= 4 is 11.5 Å². The molecule has 1 aromatic rings. The van der Waals surface area contributed by atoms with E-state index in [4.69, 9.17) is 9.57 Å². The van der Waals surface area contributed by atoms with Gasteiger partial charge in [0.15, 0.2) is 5.78 Å². The van der Waals surface area contributed by atoms with Gasteiger partial charge in [-0.2, -0.15) is 0 Å². The molecule has 0 aliphatic heterocycles. The summed E-state index contributed by atoms with van der Waals surface area (Å²) >= 11 is 0. The highest BCUT2D eigenvalue weighted by atomic mass is 16.6. The van der Waals surface area contributed by atoms with Gasteiger partial charge in [-0.05, 0) is 43.9 Å². The molecular weight excluding hydrogens is 306 g/mol. The summed E-state index contributed by atoms with van der Waals surface area (Å²) in [4.78, 5) is 17.9. The van der Waals surface area contributed by atoms with E-state index < -0.39 is 0 Å². The summed E-state index contributed by atoms with van der Waals surface area (Å²) in [6.45, 7) is 6.68. The van der Waals surface area contributed by atoms with Crippen LogP contribution >= 0.6 is 0 Å². The number of ether oxygens (including phenoxy) is 1. The maximum Gasteiger partial charge on any atom is 0.168 e. The van der Waals surface area contributed by atoms with E-state index in [1.807, 2.05) is 32.9 Å². The first-order valence-electron chi connectivity index (χ1n) is 8.47. The van der Waals surface area contributed by atoms with Gasteiger partial charge in [-0.1, -0.05) is 24.2 Å². The molecule has 0 fully saturated rings. The molecule has 5 heteroatoms. The molecule has 0 saturated carbocycles. The maximum atomic E-state index is 12.8. The lowest BCUT2D eigenvalue weighted by atomic mass is 9.81. The number of benzene rings is 1. The van der Waals surface area contributed by atoms with Crippen LogP contribution in [0.4, 0.5) is 0 Å². The Kier molecular flexibility index (Phi) is 6.41. The number of aromatic hydroxyl groups is 1. The van der Waals surface area contributed by atoms with Crippen molar-refractivity contribution in [1.82, 2.24) is 0 Å². The highest BCUT2D eigenvalue weighted by Crippen LogP contribution is 2.36. The summed E-state index contributed by atoms with van der Waals surface area (Å²) in [5.74, 6) is 0.989. The number of ketones is 1. The molecule has 130 valence electrons. The molecule has 2 rings (SSSR count). The van der Waals surface area contributed by atoms with E-state index in [-0.39, 0.29) is 17.5 Å². The van der Waals surface area contributed by atoms with E-state index in [1.54, 1.807) is 12.1 Å². The van der Waals surface area contributed by atoms with Crippen LogP contribution in [-0.2, 0) is 14.4 Å². The molecule has 0 radical (unpaired) electrons. The van der Waals surface area contributed by atoms with Crippen molar-refractivity contribution in [2.75, 3.05) is 13.2 Å². The Morgan fingerprint density at radius 3 is 2.46 bits per heavy atom. The second-order valence-electron chi connectivity index (χ2n) is 5.66. The Morgan fingerprint density at radius 1 is 1.17 bits per heavy atom. The number of rotatable bonds is 7. The van der Waals surface area contributed by atoms with Crippen LogP contribution in [0.15, 0.2) is 40.8 Å². The summed E-state index contributed by atoms with van der Waals surface area (Å²) in [5.41, 5.74) is 2.24. The molecule has 1 aromatic carbocycles. The molecule has 0 spiro atoms. The maximum absolute atomic E-state index is 12.8. The van der Waals surface area contributed by atoms with E-state index in [2.05, 4.69) is 5.16 Å². The van der Waals surface area contributed by atoms with Gasteiger partial charge in [-0.25, -0.2) is 0 Å². The van der Waals surface area contributed by atoms with Crippen molar-refractivity contribution in [1.29, 1.82) is 0 Å². The van der Waals surface area contributed by atoms with Crippen LogP contribution in [0.5, 0.6) is 5.75 Å². The standard InChI is InChI=1S/C19H25NO4/c1-4-16(20-24-6-3)19-17(22)11-14(12-18(19)23-5-2)13-7-9-15(21)10-8-13/h7-10,14,21H,4-6,11-12H2,1-3H3/b20-16+. The highest BCUT2D eigenvalue weighted by molar-refractivity contribution is 6.23. The van der Waals surface area contributed by atoms with Crippen molar-refractivity contribution in [3.05, 3.63) is 41.2 Å². The molecule has 0 bridgehead atoms. The first-order valence-corrected chi connectivity index (χ1v) is 8.47. The number of Topliss-reactive ketones (excluding diaryl/α,β-unsaturated/α-hetero) is 1. The van der Waals surface area contributed by atoms with Gasteiger partial charge in [0.25, 0.3) is 0 Å². The molecule has 1 N–H and O–H groups in total. The molecule has 0 aromatic heterocycles. The fraction of sp³-hybridized carbons (Fsp3) is 0.474. The number of hydrogen-bond acceptors (Lipinski definition) is 5. The number of hydrogen-bond donors (Lipinski definition) is 1. The predicted octanol–water partition coefficient (Wildman–Crippen LogP) is 3.93. The third-order valence-corrected chi connectivity index (χ3v) is 4.03. The minimum atomic E-state index is 0.0306. The third-order valence-electron chi connectivity index (χ3n) is 4.03. The lowest BCUT2D eigenvalue weighted by molar-refractivity contribution is -0.116. The Labute approximate surface area is 143 Å². The molecule has 0 heterocycles. The minimum Gasteiger partial charge on any atom is -0.508 e. The zero-order chi connectivity index (χ0) is 17.5. The lowest BCUT2D eigenvalue weighted by Gasteiger charge is -2.26. The zero-order valence-electron chi connectivity index (χ0n) is 14.5. The quantitative estimate of drug-likeness (QED) is 0.607. The molecule has 1 atom stereocenters. The fourth-order valence-electron chi connectivity index (χ4n) is 2.92. The van der Waals surface area contributed by atoms with Crippen LogP contribution < -0.4 is 0 Å². The molecule has 0 saturated heterocycles. The van der Waals surface area contributed by atoms with Crippen molar-refractivity contribution in [2.24, 2.45) is 5.16 Å². The first-order chi connectivity index (χ1) is 11.6. The van der Waals surface area contributed by atoms with Gasteiger partial charge < -0.3 is 14.7 Å². The second-order valence-corrected chi connectivity index (χ2v) is 5.66. The Balaban J connectivity index is 2.35. The van der Waals surface area contributed by atoms with Gasteiger partial charge in [0.05, 0.1) is 17.9 Å². The lowest BCUT2D eigenvalue weighted by Crippen LogP contribution is -2.25. The predicted molar refractivity (Wildman–Crippen MR) is 93.1 cm³/mol. The van der Waals surface area contributed by atoms with Crippen LogP contribution in [0.1, 0.15) is 51.5 Å². The van der Waals surface area contributed by atoms with Crippen molar-refractivity contribution in [3.8, 4) is 5.75 Å². The number of carbonyl (C=O) groups excluding carboxylic acids is 1. The summed E-state index contributed by atoms with van der Waals surface area (Å²) in [7, 11) is 0. The average Bonchev–Trinajstić information content (AvgIpc) is 2.58. The van der Waals surface area contributed by atoms with E-state index in [1.165, 1.54) is 0 Å². The smallest absolute Gasteiger partial charge is 0.168 e. The molecule has 1 unspecified atom stereocenters. The van der Waals surface area contributed by atoms with E-state index >= 15 is 0 Å². The van der Waals surface area contributed by atoms with Crippen LogP contribution in [0.3, 0.4) is 0 Å². The van der Waals surface area contributed by atoms with Crippen LogP contribution in [-0.4, -0.2) is 29.8 Å². The van der Waals surface area contributed by atoms with E-state index in [9.17, 15) is 9.90 Å². The highest BCUT2D eigenvalue weighted by Gasteiger charge is 2.32. The summed E-state index contributed by atoms with van der Waals surface area (Å²) in [5, 5.41) is 13.5. The van der Waals surface area contributed by atoms with Crippen LogP contribution in [0.25, 0.3) is 0 Å². The largest absolute Gasteiger partial charge is 0.508 e. The number of carbonyl (C=O) groups is 1. The summed E-state index contributed by atoms with van der Waals surface area (Å²) in [6.07, 6.45) is 1.66. The van der Waals surface area contributed by atoms with Gasteiger partial charge in [-0.3, -0.25) is 4.79 Å².